The predicted octanol–water partition coefficient (Wildman–Crippen LogP) is 4.00. The van der Waals surface area contributed by atoms with Gasteiger partial charge in [-0.25, -0.2) is 0 Å². The summed E-state index contributed by atoms with van der Waals surface area (Å²) >= 11 is 0. The van der Waals surface area contributed by atoms with Gasteiger partial charge >= 0.3 is 0 Å². The molecule has 1 heterocycles. The molecule has 5 heteroatoms. The molecule has 5 nitrogen and oxygen atoms in total. The molecule has 0 fully saturated rings. The number of fused-ring (bicyclic) bond motifs is 1. The number of benzene rings is 2. The van der Waals surface area contributed by atoms with E-state index >= 15 is 0 Å². The number of amides is 2. The second kappa shape index (κ2) is 8.74. The molecule has 0 atom stereocenters. The van der Waals surface area contributed by atoms with Crippen LogP contribution in [0.25, 0.3) is 10.9 Å². The number of aromatic amines is 1. The van der Waals surface area contributed by atoms with E-state index in [0.717, 1.165) is 17.6 Å². The summed E-state index contributed by atoms with van der Waals surface area (Å²) in [6, 6.07) is 15.9. The highest BCUT2D eigenvalue weighted by atomic mass is 16.2. The lowest BCUT2D eigenvalue weighted by atomic mass is 10.0. The van der Waals surface area contributed by atoms with Gasteiger partial charge in [0.25, 0.3) is 0 Å². The Balaban J connectivity index is 1.57. The van der Waals surface area contributed by atoms with Crippen LogP contribution in [0.1, 0.15) is 37.8 Å². The molecule has 2 aromatic carbocycles. The van der Waals surface area contributed by atoms with Gasteiger partial charge < -0.3 is 15.2 Å². The van der Waals surface area contributed by atoms with Crippen molar-refractivity contribution < 1.29 is 9.59 Å². The highest BCUT2D eigenvalue weighted by Gasteiger charge is 2.16. The number of rotatable bonds is 7. The van der Waals surface area contributed by atoms with Crippen molar-refractivity contribution in [2.75, 3.05) is 18.0 Å². The summed E-state index contributed by atoms with van der Waals surface area (Å²) in [6.07, 6.45) is 2.72. The van der Waals surface area contributed by atoms with Gasteiger partial charge in [0.2, 0.25) is 11.8 Å². The minimum Gasteiger partial charge on any atom is -0.361 e. The van der Waals surface area contributed by atoms with E-state index in [1.807, 2.05) is 48.7 Å². The van der Waals surface area contributed by atoms with Crippen LogP contribution in [0.4, 0.5) is 5.69 Å². The first-order chi connectivity index (χ1) is 13.5. The van der Waals surface area contributed by atoms with Crippen molar-refractivity contribution in [3.63, 3.8) is 0 Å². The van der Waals surface area contributed by atoms with Gasteiger partial charge in [0, 0.05) is 36.3 Å². The Kier molecular flexibility index (Phi) is 6.14. The summed E-state index contributed by atoms with van der Waals surface area (Å²) in [5.74, 6) is 0.111. The predicted molar refractivity (Wildman–Crippen MR) is 114 cm³/mol. The Morgan fingerprint density at radius 2 is 1.79 bits per heavy atom. The average Bonchev–Trinajstić information content (AvgIpc) is 3.09. The fraction of sp³-hybridized carbons (Fsp3) is 0.304. The van der Waals surface area contributed by atoms with Gasteiger partial charge in [-0.3, -0.25) is 9.59 Å². The number of aromatic nitrogens is 1. The molecule has 0 bridgehead atoms. The molecule has 146 valence electrons. The first kappa shape index (κ1) is 19.7. The van der Waals surface area contributed by atoms with E-state index in [4.69, 9.17) is 0 Å². The van der Waals surface area contributed by atoms with Crippen LogP contribution in [0, 0.1) is 0 Å². The number of nitrogens with zero attached hydrogens (tertiary/aromatic N) is 1. The Morgan fingerprint density at radius 3 is 2.46 bits per heavy atom. The van der Waals surface area contributed by atoms with Crippen molar-refractivity contribution in [2.45, 2.75) is 33.1 Å². The highest BCUT2D eigenvalue weighted by molar-refractivity contribution is 5.97. The van der Waals surface area contributed by atoms with Crippen LogP contribution in [0.15, 0.2) is 54.7 Å². The van der Waals surface area contributed by atoms with Crippen LogP contribution in [0.5, 0.6) is 0 Å². The molecule has 0 aliphatic heterocycles. The van der Waals surface area contributed by atoms with Crippen molar-refractivity contribution in [3.8, 4) is 0 Å². The Morgan fingerprint density at radius 1 is 1.07 bits per heavy atom. The molecule has 0 saturated heterocycles. The largest absolute Gasteiger partial charge is 0.361 e. The average molecular weight is 377 g/mol. The topological polar surface area (TPSA) is 65.2 Å². The fourth-order valence-electron chi connectivity index (χ4n) is 3.30. The zero-order chi connectivity index (χ0) is 20.1. The maximum atomic E-state index is 12.4. The number of carbonyl (C=O) groups is 2. The summed E-state index contributed by atoms with van der Waals surface area (Å²) in [5.41, 5.74) is 4.21. The van der Waals surface area contributed by atoms with E-state index in [9.17, 15) is 9.59 Å². The van der Waals surface area contributed by atoms with Crippen LogP contribution in [0.3, 0.4) is 0 Å². The lowest BCUT2D eigenvalue weighted by Crippen LogP contribution is -2.40. The maximum Gasteiger partial charge on any atom is 0.240 e. The molecule has 28 heavy (non-hydrogen) atoms. The third kappa shape index (κ3) is 4.60. The van der Waals surface area contributed by atoms with Crippen LogP contribution < -0.4 is 10.2 Å². The monoisotopic (exact) mass is 377 g/mol. The zero-order valence-electron chi connectivity index (χ0n) is 16.7. The first-order valence-electron chi connectivity index (χ1n) is 9.65. The molecule has 2 amide bonds. The molecular weight excluding hydrogens is 350 g/mol. The fourth-order valence-corrected chi connectivity index (χ4v) is 3.30. The van der Waals surface area contributed by atoms with Gasteiger partial charge in [0.15, 0.2) is 0 Å². The third-order valence-electron chi connectivity index (χ3n) is 4.94. The smallest absolute Gasteiger partial charge is 0.240 e. The van der Waals surface area contributed by atoms with E-state index in [-0.39, 0.29) is 18.4 Å². The summed E-state index contributed by atoms with van der Waals surface area (Å²) < 4.78 is 0. The van der Waals surface area contributed by atoms with Crippen LogP contribution >= 0.6 is 0 Å². The van der Waals surface area contributed by atoms with Crippen molar-refractivity contribution in [1.82, 2.24) is 10.3 Å². The van der Waals surface area contributed by atoms with Crippen LogP contribution in [0.2, 0.25) is 0 Å². The summed E-state index contributed by atoms with van der Waals surface area (Å²) in [6.45, 7) is 6.27. The normalized spacial score (nSPS) is 11.0. The molecule has 0 aliphatic carbocycles. The van der Waals surface area contributed by atoms with Crippen molar-refractivity contribution in [3.05, 3.63) is 65.9 Å². The minimum atomic E-state index is -0.164. The molecule has 0 spiro atoms. The second-order valence-corrected chi connectivity index (χ2v) is 7.31. The van der Waals surface area contributed by atoms with Crippen molar-refractivity contribution in [2.24, 2.45) is 0 Å². The molecular formula is C23H27N3O2. The first-order valence-corrected chi connectivity index (χ1v) is 9.65. The zero-order valence-corrected chi connectivity index (χ0v) is 16.7. The van der Waals surface area contributed by atoms with Crippen LogP contribution in [-0.2, 0) is 16.0 Å². The molecule has 3 rings (SSSR count). The lowest BCUT2D eigenvalue weighted by Gasteiger charge is -2.21. The third-order valence-corrected chi connectivity index (χ3v) is 4.94. The summed E-state index contributed by atoms with van der Waals surface area (Å²) in [4.78, 5) is 29.2. The highest BCUT2D eigenvalue weighted by Crippen LogP contribution is 2.20. The quantitative estimate of drug-likeness (QED) is 0.653. The van der Waals surface area contributed by atoms with Gasteiger partial charge in [-0.1, -0.05) is 44.2 Å². The maximum absolute atomic E-state index is 12.4. The number of para-hydroxylation sites is 1. The SMILES string of the molecule is CC(=O)N(CC(=O)NCCc1c[nH]c2ccccc12)c1ccc(C(C)C)cc1. The molecule has 2 N–H and O–H groups in total. The van der Waals surface area contributed by atoms with Gasteiger partial charge in [0.05, 0.1) is 0 Å². The van der Waals surface area contributed by atoms with Crippen LogP contribution in [-0.4, -0.2) is 29.9 Å². The lowest BCUT2D eigenvalue weighted by molar-refractivity contribution is -0.123. The van der Waals surface area contributed by atoms with Gasteiger partial charge in [-0.05, 0) is 41.7 Å². The van der Waals surface area contributed by atoms with Crippen molar-refractivity contribution >= 4 is 28.4 Å². The Labute approximate surface area is 165 Å². The number of nitrogens with one attached hydrogen (secondary N) is 2. The van der Waals surface area contributed by atoms with E-state index in [1.54, 1.807) is 0 Å². The van der Waals surface area contributed by atoms with Gasteiger partial charge in [-0.15, -0.1) is 0 Å². The Bertz CT molecular complexity index is 957. The Hall–Kier alpha value is -3.08. The second-order valence-electron chi connectivity index (χ2n) is 7.31. The van der Waals surface area contributed by atoms with E-state index in [1.165, 1.54) is 28.3 Å². The van der Waals surface area contributed by atoms with E-state index in [0.29, 0.717) is 12.5 Å². The number of H-pyrrole nitrogens is 1. The van der Waals surface area contributed by atoms with E-state index < -0.39 is 0 Å². The van der Waals surface area contributed by atoms with E-state index in [2.05, 4.69) is 30.2 Å². The molecule has 0 radical (unpaired) electrons. The molecule has 0 saturated carbocycles. The standard InChI is InChI=1S/C23H27N3O2/c1-16(2)18-8-10-20(11-9-18)26(17(3)27)15-23(28)24-13-12-19-14-25-22-7-5-4-6-21(19)22/h4-11,14,16,25H,12-13,15H2,1-3H3,(H,24,28). The number of carbonyl (C=O) groups excluding carboxylic acids is 2. The molecule has 3 aromatic rings. The summed E-state index contributed by atoms with van der Waals surface area (Å²) in [5, 5.41) is 4.10. The molecule has 1 aromatic heterocycles. The molecule has 0 aliphatic rings. The van der Waals surface area contributed by atoms with Gasteiger partial charge in [-0.2, -0.15) is 0 Å². The number of anilines is 1. The van der Waals surface area contributed by atoms with Gasteiger partial charge in [0.1, 0.15) is 6.54 Å². The van der Waals surface area contributed by atoms with Crippen molar-refractivity contribution in [1.29, 1.82) is 0 Å². The number of hydrogen-bond donors (Lipinski definition) is 2. The molecule has 0 unspecified atom stereocenters. The number of hydrogen-bond acceptors (Lipinski definition) is 2. The minimum absolute atomic E-state index is 0.0181. The summed E-state index contributed by atoms with van der Waals surface area (Å²) in [7, 11) is 0.